The Morgan fingerprint density at radius 1 is 1.22 bits per heavy atom. The summed E-state index contributed by atoms with van der Waals surface area (Å²) >= 11 is 0. The predicted octanol–water partition coefficient (Wildman–Crippen LogP) is 2.93. The Morgan fingerprint density at radius 2 is 2.11 bits per heavy atom. The first-order valence-corrected chi connectivity index (χ1v) is 5.65. The number of nitrogens with zero attached hydrogens (tertiary/aromatic N) is 2. The third kappa shape index (κ3) is 3.07. The van der Waals surface area contributed by atoms with Gasteiger partial charge in [0.05, 0.1) is 12.8 Å². The Morgan fingerprint density at radius 3 is 2.83 bits per heavy atom. The molecule has 1 N–H and O–H groups in total. The third-order valence-electron chi connectivity index (χ3n) is 2.49. The van der Waals surface area contributed by atoms with E-state index in [1.807, 2.05) is 49.4 Å². The summed E-state index contributed by atoms with van der Waals surface area (Å²) in [7, 11) is 1.65. The number of nitrogens with one attached hydrogen (secondary N) is 1. The summed E-state index contributed by atoms with van der Waals surface area (Å²) in [4.78, 5) is 4.14. The summed E-state index contributed by atoms with van der Waals surface area (Å²) in [6.07, 6.45) is 1.72. The lowest BCUT2D eigenvalue weighted by molar-refractivity contribution is 0.414. The van der Waals surface area contributed by atoms with Gasteiger partial charge in [0.25, 0.3) is 0 Å². The Hall–Kier alpha value is -2.36. The fourth-order valence-corrected chi connectivity index (χ4v) is 1.48. The van der Waals surface area contributed by atoms with Gasteiger partial charge in [-0.2, -0.15) is 5.10 Å². The Labute approximate surface area is 106 Å². The zero-order valence-electron chi connectivity index (χ0n) is 10.4. The van der Waals surface area contributed by atoms with Crippen molar-refractivity contribution >= 4 is 11.5 Å². The van der Waals surface area contributed by atoms with Crippen LogP contribution in [0.2, 0.25) is 0 Å². The lowest BCUT2D eigenvalue weighted by Crippen LogP contribution is -2.00. The molecule has 0 aliphatic rings. The average molecular weight is 241 g/mol. The van der Waals surface area contributed by atoms with Crippen LogP contribution < -0.4 is 10.2 Å². The van der Waals surface area contributed by atoms with Crippen LogP contribution in [-0.2, 0) is 0 Å². The third-order valence-corrected chi connectivity index (χ3v) is 2.49. The van der Waals surface area contributed by atoms with Gasteiger partial charge in [0.15, 0.2) is 0 Å². The highest BCUT2D eigenvalue weighted by Gasteiger charge is 1.99. The van der Waals surface area contributed by atoms with Crippen LogP contribution in [0.4, 0.5) is 5.82 Å². The quantitative estimate of drug-likeness (QED) is 0.661. The van der Waals surface area contributed by atoms with Crippen LogP contribution in [0.15, 0.2) is 53.8 Å². The molecule has 2 aromatic rings. The number of benzene rings is 1. The molecule has 1 aromatic carbocycles. The average Bonchev–Trinajstić information content (AvgIpc) is 2.46. The molecule has 18 heavy (non-hydrogen) atoms. The minimum Gasteiger partial charge on any atom is -0.497 e. The van der Waals surface area contributed by atoms with Crippen molar-refractivity contribution in [2.24, 2.45) is 5.10 Å². The van der Waals surface area contributed by atoms with E-state index in [9.17, 15) is 0 Å². The van der Waals surface area contributed by atoms with E-state index in [4.69, 9.17) is 4.74 Å². The predicted molar refractivity (Wildman–Crippen MR) is 73.1 cm³/mol. The van der Waals surface area contributed by atoms with Crippen molar-refractivity contribution in [3.8, 4) is 5.75 Å². The maximum atomic E-state index is 5.18. The van der Waals surface area contributed by atoms with Crippen molar-refractivity contribution in [2.75, 3.05) is 12.5 Å². The molecule has 0 amide bonds. The number of rotatable bonds is 4. The summed E-state index contributed by atoms with van der Waals surface area (Å²) < 4.78 is 5.18. The van der Waals surface area contributed by atoms with Crippen molar-refractivity contribution in [3.05, 3.63) is 54.2 Å². The van der Waals surface area contributed by atoms with Gasteiger partial charge in [-0.3, -0.25) is 5.43 Å². The zero-order chi connectivity index (χ0) is 12.8. The van der Waals surface area contributed by atoms with E-state index in [0.717, 1.165) is 22.8 Å². The van der Waals surface area contributed by atoms with E-state index in [1.54, 1.807) is 13.3 Å². The maximum Gasteiger partial charge on any atom is 0.146 e. The minimum atomic E-state index is 0.722. The highest BCUT2D eigenvalue weighted by molar-refractivity contribution is 5.99. The monoisotopic (exact) mass is 241 g/mol. The second-order valence-electron chi connectivity index (χ2n) is 3.76. The second kappa shape index (κ2) is 5.82. The number of hydrazone groups is 1. The van der Waals surface area contributed by atoms with Gasteiger partial charge in [-0.1, -0.05) is 18.2 Å². The summed E-state index contributed by atoms with van der Waals surface area (Å²) in [6, 6.07) is 13.4. The molecule has 0 radical (unpaired) electrons. The van der Waals surface area contributed by atoms with Crippen molar-refractivity contribution in [1.82, 2.24) is 4.98 Å². The normalized spacial score (nSPS) is 11.1. The van der Waals surface area contributed by atoms with Gasteiger partial charge >= 0.3 is 0 Å². The van der Waals surface area contributed by atoms with E-state index >= 15 is 0 Å². The minimum absolute atomic E-state index is 0.722. The molecular weight excluding hydrogens is 226 g/mol. The first kappa shape index (κ1) is 12.1. The first-order valence-electron chi connectivity index (χ1n) is 5.65. The molecule has 92 valence electrons. The topological polar surface area (TPSA) is 46.5 Å². The van der Waals surface area contributed by atoms with Crippen molar-refractivity contribution < 1.29 is 4.74 Å². The van der Waals surface area contributed by atoms with Crippen LogP contribution in [0.1, 0.15) is 12.5 Å². The highest BCUT2D eigenvalue weighted by Crippen LogP contribution is 2.13. The summed E-state index contributed by atoms with van der Waals surface area (Å²) in [5.74, 6) is 1.54. The van der Waals surface area contributed by atoms with Crippen LogP contribution in [0.25, 0.3) is 0 Å². The molecular formula is C14H15N3O. The van der Waals surface area contributed by atoms with Crippen molar-refractivity contribution in [1.29, 1.82) is 0 Å². The van der Waals surface area contributed by atoms with Gasteiger partial charge in [0, 0.05) is 11.8 Å². The molecule has 4 heteroatoms. The number of pyridine rings is 1. The molecule has 0 atom stereocenters. The van der Waals surface area contributed by atoms with Crippen LogP contribution in [0.3, 0.4) is 0 Å². The van der Waals surface area contributed by atoms with E-state index in [0.29, 0.717) is 0 Å². The maximum absolute atomic E-state index is 5.18. The molecule has 0 fully saturated rings. The Balaban J connectivity index is 2.12. The highest BCUT2D eigenvalue weighted by atomic mass is 16.5. The SMILES string of the molecule is COc1cccc(/C(C)=N\Nc2ccccn2)c1. The van der Waals surface area contributed by atoms with Crippen LogP contribution in [0.5, 0.6) is 5.75 Å². The molecule has 2 rings (SSSR count). The molecule has 0 unspecified atom stereocenters. The molecule has 0 aliphatic heterocycles. The van der Waals surface area contributed by atoms with Crippen LogP contribution in [0, 0.1) is 0 Å². The molecule has 0 bridgehead atoms. The number of hydrogen-bond acceptors (Lipinski definition) is 4. The van der Waals surface area contributed by atoms with Gasteiger partial charge in [-0.15, -0.1) is 0 Å². The van der Waals surface area contributed by atoms with Crippen molar-refractivity contribution in [2.45, 2.75) is 6.92 Å². The number of ether oxygens (including phenoxy) is 1. The van der Waals surface area contributed by atoms with Gasteiger partial charge in [0.2, 0.25) is 0 Å². The van der Waals surface area contributed by atoms with Gasteiger partial charge in [0.1, 0.15) is 11.6 Å². The zero-order valence-corrected chi connectivity index (χ0v) is 10.4. The second-order valence-corrected chi connectivity index (χ2v) is 3.76. The Kier molecular flexibility index (Phi) is 3.91. The van der Waals surface area contributed by atoms with Gasteiger partial charge in [-0.25, -0.2) is 4.98 Å². The lowest BCUT2D eigenvalue weighted by atomic mass is 10.1. The molecule has 0 aliphatic carbocycles. The van der Waals surface area contributed by atoms with Crippen LogP contribution in [-0.4, -0.2) is 17.8 Å². The van der Waals surface area contributed by atoms with E-state index < -0.39 is 0 Å². The van der Waals surface area contributed by atoms with Crippen molar-refractivity contribution in [3.63, 3.8) is 0 Å². The number of hydrogen-bond donors (Lipinski definition) is 1. The first-order chi connectivity index (χ1) is 8.79. The molecule has 1 heterocycles. The molecule has 0 spiro atoms. The number of methoxy groups -OCH3 is 1. The van der Waals surface area contributed by atoms with E-state index in [2.05, 4.69) is 15.5 Å². The van der Waals surface area contributed by atoms with Crippen LogP contribution >= 0.6 is 0 Å². The smallest absolute Gasteiger partial charge is 0.146 e. The molecule has 1 aromatic heterocycles. The molecule has 0 saturated carbocycles. The largest absolute Gasteiger partial charge is 0.497 e. The fourth-order valence-electron chi connectivity index (χ4n) is 1.48. The van der Waals surface area contributed by atoms with E-state index in [1.165, 1.54) is 0 Å². The standard InChI is InChI=1S/C14H15N3O/c1-11(12-6-5-7-13(10-12)18-2)16-17-14-8-3-4-9-15-14/h3-10H,1-2H3,(H,15,17)/b16-11-. The molecule has 0 saturated heterocycles. The lowest BCUT2D eigenvalue weighted by Gasteiger charge is -2.05. The Bertz CT molecular complexity index is 538. The van der Waals surface area contributed by atoms with Gasteiger partial charge < -0.3 is 4.74 Å². The summed E-state index contributed by atoms with van der Waals surface area (Å²) in [6.45, 7) is 1.94. The fraction of sp³-hybridized carbons (Fsp3) is 0.143. The summed E-state index contributed by atoms with van der Waals surface area (Å²) in [5.41, 5.74) is 4.80. The molecule has 4 nitrogen and oxygen atoms in total. The summed E-state index contributed by atoms with van der Waals surface area (Å²) in [5, 5.41) is 4.29. The number of anilines is 1. The van der Waals surface area contributed by atoms with Gasteiger partial charge in [-0.05, 0) is 31.2 Å². The number of aromatic nitrogens is 1. The van der Waals surface area contributed by atoms with E-state index in [-0.39, 0.29) is 0 Å².